The molecule has 1 aliphatic heterocycles. The average Bonchev–Trinajstić information content (AvgIpc) is 2.06. The van der Waals surface area contributed by atoms with Gasteiger partial charge in [0.1, 0.15) is 0 Å². The van der Waals surface area contributed by atoms with E-state index in [1.54, 1.807) is 0 Å². The van der Waals surface area contributed by atoms with Gasteiger partial charge in [-0.1, -0.05) is 25.1 Å². The quantitative estimate of drug-likeness (QED) is 0.740. The number of nitrogens with two attached hydrogens (primary N) is 1. The van der Waals surface area contributed by atoms with E-state index in [4.69, 9.17) is 17.3 Å². The zero-order chi connectivity index (χ0) is 10.0. The minimum atomic E-state index is 0.342. The van der Waals surface area contributed by atoms with Crippen molar-refractivity contribution in [2.24, 2.45) is 11.7 Å². The highest BCUT2D eigenvalue weighted by atomic mass is 35.5. The Labute approximate surface area is 85.7 Å². The molecule has 0 saturated carbocycles. The van der Waals surface area contributed by atoms with E-state index in [0.29, 0.717) is 18.0 Å². The van der Waals surface area contributed by atoms with E-state index in [1.807, 2.05) is 0 Å². The molecular formula is C10H19ClN2. The molecule has 13 heavy (non-hydrogen) atoms. The van der Waals surface area contributed by atoms with Gasteiger partial charge in [-0.2, -0.15) is 0 Å². The van der Waals surface area contributed by atoms with Gasteiger partial charge in [0.2, 0.25) is 0 Å². The fourth-order valence-corrected chi connectivity index (χ4v) is 2.07. The molecule has 3 unspecified atom stereocenters. The summed E-state index contributed by atoms with van der Waals surface area (Å²) < 4.78 is 0. The molecule has 2 nitrogen and oxygen atoms in total. The number of hydrogen-bond acceptors (Lipinski definition) is 2. The highest BCUT2D eigenvalue weighted by Gasteiger charge is 2.29. The van der Waals surface area contributed by atoms with E-state index in [1.165, 1.54) is 0 Å². The van der Waals surface area contributed by atoms with Crippen molar-refractivity contribution in [2.75, 3.05) is 13.1 Å². The summed E-state index contributed by atoms with van der Waals surface area (Å²) in [6, 6.07) is 0.856. The standard InChI is InChI=1S/C10H19ClN2/c1-7(11)6-13-5-4-10(12)8(2)9(13)3/h8-10H,1,4-6,12H2,2-3H3. The summed E-state index contributed by atoms with van der Waals surface area (Å²) in [5, 5.41) is 0.717. The normalized spacial score (nSPS) is 36.2. The van der Waals surface area contributed by atoms with Crippen LogP contribution in [0.2, 0.25) is 0 Å². The van der Waals surface area contributed by atoms with Crippen molar-refractivity contribution >= 4 is 11.6 Å². The molecule has 0 spiro atoms. The monoisotopic (exact) mass is 202 g/mol. The molecule has 0 bridgehead atoms. The second kappa shape index (κ2) is 4.45. The molecule has 1 rings (SSSR count). The first-order valence-electron chi connectivity index (χ1n) is 4.85. The molecule has 1 saturated heterocycles. The lowest BCUT2D eigenvalue weighted by Gasteiger charge is -2.41. The smallest absolute Gasteiger partial charge is 0.0338 e. The zero-order valence-corrected chi connectivity index (χ0v) is 9.22. The van der Waals surface area contributed by atoms with Gasteiger partial charge in [0.25, 0.3) is 0 Å². The minimum absolute atomic E-state index is 0.342. The Morgan fingerprint density at radius 3 is 2.77 bits per heavy atom. The molecule has 0 aromatic carbocycles. The molecule has 3 heteroatoms. The van der Waals surface area contributed by atoms with Gasteiger partial charge in [-0.3, -0.25) is 4.90 Å². The highest BCUT2D eigenvalue weighted by Crippen LogP contribution is 2.23. The summed E-state index contributed by atoms with van der Waals surface area (Å²) in [6.07, 6.45) is 1.07. The van der Waals surface area contributed by atoms with Crippen LogP contribution in [0.4, 0.5) is 0 Å². The van der Waals surface area contributed by atoms with E-state index < -0.39 is 0 Å². The number of nitrogens with zero attached hydrogens (tertiary/aromatic N) is 1. The van der Waals surface area contributed by atoms with E-state index in [-0.39, 0.29) is 0 Å². The Bertz CT molecular complexity index is 193. The van der Waals surface area contributed by atoms with Crippen LogP contribution < -0.4 is 5.73 Å². The summed E-state index contributed by atoms with van der Waals surface area (Å²) in [6.45, 7) is 9.97. The van der Waals surface area contributed by atoms with Crippen LogP contribution >= 0.6 is 11.6 Å². The lowest BCUT2D eigenvalue weighted by molar-refractivity contribution is 0.110. The van der Waals surface area contributed by atoms with E-state index in [0.717, 1.165) is 24.5 Å². The van der Waals surface area contributed by atoms with Crippen molar-refractivity contribution in [1.82, 2.24) is 4.90 Å². The van der Waals surface area contributed by atoms with Crippen LogP contribution in [0.1, 0.15) is 20.3 Å². The maximum atomic E-state index is 5.98. The number of hydrogen-bond donors (Lipinski definition) is 1. The third-order valence-electron chi connectivity index (χ3n) is 3.14. The van der Waals surface area contributed by atoms with Crippen molar-refractivity contribution in [1.29, 1.82) is 0 Å². The Hall–Kier alpha value is -0.0500. The van der Waals surface area contributed by atoms with Crippen molar-refractivity contribution in [2.45, 2.75) is 32.4 Å². The lowest BCUT2D eigenvalue weighted by Crippen LogP contribution is -2.51. The van der Waals surface area contributed by atoms with Gasteiger partial charge in [0.05, 0.1) is 0 Å². The van der Waals surface area contributed by atoms with Crippen LogP contribution in [0.15, 0.2) is 11.6 Å². The van der Waals surface area contributed by atoms with Gasteiger partial charge >= 0.3 is 0 Å². The van der Waals surface area contributed by atoms with Crippen molar-refractivity contribution in [3.63, 3.8) is 0 Å². The Morgan fingerprint density at radius 2 is 2.23 bits per heavy atom. The second-order valence-corrected chi connectivity index (χ2v) is 4.57. The first-order valence-corrected chi connectivity index (χ1v) is 5.23. The molecule has 0 radical (unpaired) electrons. The topological polar surface area (TPSA) is 29.3 Å². The number of piperidine rings is 1. The first kappa shape index (κ1) is 11.0. The Balaban J connectivity index is 2.53. The van der Waals surface area contributed by atoms with Crippen LogP contribution in [0.5, 0.6) is 0 Å². The van der Waals surface area contributed by atoms with Gasteiger partial charge in [0.15, 0.2) is 0 Å². The summed E-state index contributed by atoms with van der Waals surface area (Å²) in [5.74, 6) is 0.546. The number of rotatable bonds is 2. The molecule has 0 aromatic rings. The zero-order valence-electron chi connectivity index (χ0n) is 8.46. The Kier molecular flexibility index (Phi) is 3.77. The molecule has 0 aliphatic carbocycles. The molecule has 3 atom stereocenters. The molecule has 76 valence electrons. The number of halogens is 1. The molecule has 1 fully saturated rings. The molecule has 2 N–H and O–H groups in total. The van der Waals surface area contributed by atoms with Crippen molar-refractivity contribution in [3.05, 3.63) is 11.6 Å². The van der Waals surface area contributed by atoms with E-state index >= 15 is 0 Å². The average molecular weight is 203 g/mol. The Morgan fingerprint density at radius 1 is 1.62 bits per heavy atom. The second-order valence-electron chi connectivity index (χ2n) is 4.04. The van der Waals surface area contributed by atoms with E-state index in [2.05, 4.69) is 25.3 Å². The molecule has 0 amide bonds. The first-order chi connectivity index (χ1) is 6.02. The molecule has 1 heterocycles. The van der Waals surface area contributed by atoms with Gasteiger partial charge in [-0.05, 0) is 19.3 Å². The lowest BCUT2D eigenvalue weighted by atomic mass is 9.88. The molecule has 0 aromatic heterocycles. The summed E-state index contributed by atoms with van der Waals surface area (Å²) >= 11 is 5.79. The van der Waals surface area contributed by atoms with Crippen LogP contribution in [0, 0.1) is 5.92 Å². The largest absolute Gasteiger partial charge is 0.327 e. The third kappa shape index (κ3) is 2.70. The van der Waals surface area contributed by atoms with Gasteiger partial charge < -0.3 is 5.73 Å². The minimum Gasteiger partial charge on any atom is -0.327 e. The SMILES string of the molecule is C=C(Cl)CN1CCC(N)C(C)C1C. The van der Waals surface area contributed by atoms with Crippen LogP contribution in [0.3, 0.4) is 0 Å². The van der Waals surface area contributed by atoms with Crippen molar-refractivity contribution in [3.8, 4) is 0 Å². The van der Waals surface area contributed by atoms with Crippen molar-refractivity contribution < 1.29 is 0 Å². The van der Waals surface area contributed by atoms with Crippen LogP contribution in [0.25, 0.3) is 0 Å². The van der Waals surface area contributed by atoms with Crippen LogP contribution in [-0.4, -0.2) is 30.1 Å². The summed E-state index contributed by atoms with van der Waals surface area (Å²) in [7, 11) is 0. The summed E-state index contributed by atoms with van der Waals surface area (Å²) in [4.78, 5) is 2.35. The predicted molar refractivity (Wildman–Crippen MR) is 57.8 cm³/mol. The van der Waals surface area contributed by atoms with Gasteiger partial charge in [-0.25, -0.2) is 0 Å². The predicted octanol–water partition coefficient (Wildman–Crippen LogP) is 1.80. The molecule has 1 aliphatic rings. The number of likely N-dealkylation sites (tertiary alicyclic amines) is 1. The van der Waals surface area contributed by atoms with E-state index in [9.17, 15) is 0 Å². The van der Waals surface area contributed by atoms with Gasteiger partial charge in [0, 0.05) is 30.2 Å². The fourth-order valence-electron chi connectivity index (χ4n) is 1.92. The molecular weight excluding hydrogens is 184 g/mol. The maximum absolute atomic E-state index is 5.98. The fraction of sp³-hybridized carbons (Fsp3) is 0.800. The maximum Gasteiger partial charge on any atom is 0.0338 e. The third-order valence-corrected chi connectivity index (χ3v) is 3.26. The van der Waals surface area contributed by atoms with Crippen LogP contribution in [-0.2, 0) is 0 Å². The highest BCUT2D eigenvalue weighted by molar-refractivity contribution is 6.29. The summed E-state index contributed by atoms with van der Waals surface area (Å²) in [5.41, 5.74) is 5.98. The van der Waals surface area contributed by atoms with Gasteiger partial charge in [-0.15, -0.1) is 0 Å².